The van der Waals surface area contributed by atoms with Gasteiger partial charge in [-0.2, -0.15) is 0 Å². The topological polar surface area (TPSA) is 72.7 Å². The van der Waals surface area contributed by atoms with E-state index in [0.29, 0.717) is 17.2 Å². The molecule has 0 saturated heterocycles. The summed E-state index contributed by atoms with van der Waals surface area (Å²) in [5.41, 5.74) is 1.69. The summed E-state index contributed by atoms with van der Waals surface area (Å²) in [7, 11) is 0. The number of anilines is 1. The van der Waals surface area contributed by atoms with E-state index in [1.165, 1.54) is 0 Å². The van der Waals surface area contributed by atoms with Gasteiger partial charge in [0.2, 0.25) is 12.7 Å². The molecule has 0 unspecified atom stereocenters. The Balaban J connectivity index is 1.42. The zero-order valence-corrected chi connectivity index (χ0v) is 14.0. The van der Waals surface area contributed by atoms with Crippen molar-refractivity contribution in [3.05, 3.63) is 78.3 Å². The second-order valence-corrected chi connectivity index (χ2v) is 5.86. The van der Waals surface area contributed by atoms with Crippen molar-refractivity contribution < 1.29 is 18.7 Å². The first-order valence-corrected chi connectivity index (χ1v) is 8.31. The Morgan fingerprint density at radius 3 is 2.65 bits per heavy atom. The highest BCUT2D eigenvalue weighted by Crippen LogP contribution is 2.34. The van der Waals surface area contributed by atoms with Crippen LogP contribution in [-0.4, -0.2) is 19.2 Å². The molecule has 26 heavy (non-hydrogen) atoms. The molecule has 132 valence electrons. The summed E-state index contributed by atoms with van der Waals surface area (Å²) in [4.78, 5) is 12.3. The first-order valence-electron chi connectivity index (χ1n) is 8.31. The summed E-state index contributed by atoms with van der Waals surface area (Å²) in [5.74, 6) is 1.92. The van der Waals surface area contributed by atoms with Crippen molar-refractivity contribution >= 4 is 11.6 Å². The van der Waals surface area contributed by atoms with Crippen LogP contribution in [0.4, 0.5) is 5.69 Å². The maximum absolute atomic E-state index is 12.3. The van der Waals surface area contributed by atoms with E-state index in [-0.39, 0.29) is 25.3 Å². The minimum absolute atomic E-state index is 0.134. The van der Waals surface area contributed by atoms with E-state index in [1.54, 1.807) is 24.5 Å². The average Bonchev–Trinajstić information content (AvgIpc) is 3.34. The van der Waals surface area contributed by atoms with Gasteiger partial charge in [0.15, 0.2) is 11.5 Å². The molecule has 0 radical (unpaired) electrons. The molecular formula is C20H18N2O4. The number of nitrogens with one attached hydrogen (secondary N) is 2. The summed E-state index contributed by atoms with van der Waals surface area (Å²) in [5, 5.41) is 6.11. The Morgan fingerprint density at radius 2 is 1.85 bits per heavy atom. The number of amides is 1. The number of ether oxygens (including phenoxy) is 2. The Labute approximate surface area is 150 Å². The van der Waals surface area contributed by atoms with Crippen molar-refractivity contribution in [3.63, 3.8) is 0 Å². The number of rotatable bonds is 6. The van der Waals surface area contributed by atoms with Gasteiger partial charge in [-0.3, -0.25) is 10.1 Å². The van der Waals surface area contributed by atoms with E-state index in [0.717, 1.165) is 11.3 Å². The zero-order valence-electron chi connectivity index (χ0n) is 14.0. The molecule has 4 rings (SSSR count). The SMILES string of the molecule is O=C(CN[C@H](c1ccccc1)c1ccco1)Nc1ccc2c(c1)OCO2. The highest BCUT2D eigenvalue weighted by atomic mass is 16.7. The lowest BCUT2D eigenvalue weighted by Crippen LogP contribution is -2.31. The Morgan fingerprint density at radius 1 is 1.00 bits per heavy atom. The molecule has 2 aromatic carbocycles. The molecule has 2 N–H and O–H groups in total. The lowest BCUT2D eigenvalue weighted by Gasteiger charge is -2.17. The number of furan rings is 1. The third-order valence-corrected chi connectivity index (χ3v) is 4.08. The molecule has 1 aromatic heterocycles. The van der Waals surface area contributed by atoms with Gasteiger partial charge in [0.25, 0.3) is 0 Å². The quantitative estimate of drug-likeness (QED) is 0.713. The van der Waals surface area contributed by atoms with Crippen molar-refractivity contribution in [2.24, 2.45) is 0 Å². The van der Waals surface area contributed by atoms with Crippen LogP contribution in [0.5, 0.6) is 11.5 Å². The van der Waals surface area contributed by atoms with Crippen molar-refractivity contribution in [2.75, 3.05) is 18.7 Å². The summed E-state index contributed by atoms with van der Waals surface area (Å²) in [6.45, 7) is 0.338. The summed E-state index contributed by atoms with van der Waals surface area (Å²) < 4.78 is 16.1. The van der Waals surface area contributed by atoms with Crippen molar-refractivity contribution in [2.45, 2.75) is 6.04 Å². The third-order valence-electron chi connectivity index (χ3n) is 4.08. The summed E-state index contributed by atoms with van der Waals surface area (Å²) >= 11 is 0. The van der Waals surface area contributed by atoms with Crippen molar-refractivity contribution in [1.82, 2.24) is 5.32 Å². The van der Waals surface area contributed by atoms with Crippen LogP contribution in [0.3, 0.4) is 0 Å². The second-order valence-electron chi connectivity index (χ2n) is 5.86. The van der Waals surface area contributed by atoms with Gasteiger partial charge in [-0.05, 0) is 29.8 Å². The number of fused-ring (bicyclic) bond motifs is 1. The van der Waals surface area contributed by atoms with Gasteiger partial charge >= 0.3 is 0 Å². The number of carbonyl (C=O) groups is 1. The molecule has 0 bridgehead atoms. The van der Waals surface area contributed by atoms with Crippen LogP contribution in [0.15, 0.2) is 71.3 Å². The molecule has 0 fully saturated rings. The monoisotopic (exact) mass is 350 g/mol. The number of hydrogen-bond acceptors (Lipinski definition) is 5. The molecule has 3 aromatic rings. The van der Waals surface area contributed by atoms with Gasteiger partial charge in [-0.25, -0.2) is 0 Å². The number of benzene rings is 2. The van der Waals surface area contributed by atoms with Crippen LogP contribution in [0.2, 0.25) is 0 Å². The van der Waals surface area contributed by atoms with Gasteiger partial charge in [-0.1, -0.05) is 30.3 Å². The van der Waals surface area contributed by atoms with Crippen molar-refractivity contribution in [3.8, 4) is 11.5 Å². The molecule has 2 heterocycles. The van der Waals surface area contributed by atoms with E-state index < -0.39 is 0 Å². The molecule has 1 amide bonds. The standard InChI is InChI=1S/C20H18N2O4/c23-19(22-15-8-9-16-18(11-15)26-13-25-16)12-21-20(17-7-4-10-24-17)14-5-2-1-3-6-14/h1-11,20-21H,12-13H2,(H,22,23)/t20-/m1/s1. The highest BCUT2D eigenvalue weighted by Gasteiger charge is 2.18. The highest BCUT2D eigenvalue weighted by molar-refractivity contribution is 5.92. The molecule has 0 spiro atoms. The van der Waals surface area contributed by atoms with Crippen LogP contribution in [0.1, 0.15) is 17.4 Å². The predicted molar refractivity (Wildman–Crippen MR) is 96.2 cm³/mol. The largest absolute Gasteiger partial charge is 0.467 e. The minimum atomic E-state index is -0.200. The zero-order chi connectivity index (χ0) is 17.8. The first-order chi connectivity index (χ1) is 12.8. The molecule has 1 atom stereocenters. The van der Waals surface area contributed by atoms with Gasteiger partial charge in [0, 0.05) is 11.8 Å². The van der Waals surface area contributed by atoms with Crippen LogP contribution < -0.4 is 20.1 Å². The Hall–Kier alpha value is -3.25. The molecular weight excluding hydrogens is 332 g/mol. The lowest BCUT2D eigenvalue weighted by molar-refractivity contribution is -0.115. The lowest BCUT2D eigenvalue weighted by atomic mass is 10.0. The fraction of sp³-hybridized carbons (Fsp3) is 0.150. The second kappa shape index (κ2) is 7.33. The van der Waals surface area contributed by atoms with Crippen molar-refractivity contribution in [1.29, 1.82) is 0 Å². The molecule has 1 aliphatic heterocycles. The molecule has 1 aliphatic rings. The summed E-state index contributed by atoms with van der Waals surface area (Å²) in [6.07, 6.45) is 1.62. The third kappa shape index (κ3) is 3.55. The van der Waals surface area contributed by atoms with Crippen LogP contribution in [0.25, 0.3) is 0 Å². The summed E-state index contributed by atoms with van der Waals surface area (Å²) in [6, 6.07) is 18.7. The normalized spacial score (nSPS) is 13.4. The van der Waals surface area contributed by atoms with E-state index in [2.05, 4.69) is 10.6 Å². The van der Waals surface area contributed by atoms with Crippen LogP contribution in [0, 0.1) is 0 Å². The van der Waals surface area contributed by atoms with E-state index in [4.69, 9.17) is 13.9 Å². The Bertz CT molecular complexity index is 878. The van der Waals surface area contributed by atoms with E-state index >= 15 is 0 Å². The van der Waals surface area contributed by atoms with Gasteiger partial charge in [-0.15, -0.1) is 0 Å². The molecule has 6 nitrogen and oxygen atoms in total. The van der Waals surface area contributed by atoms with E-state index in [9.17, 15) is 4.79 Å². The maximum atomic E-state index is 12.3. The fourth-order valence-corrected chi connectivity index (χ4v) is 2.86. The number of hydrogen-bond donors (Lipinski definition) is 2. The Kier molecular flexibility index (Phi) is 4.57. The smallest absolute Gasteiger partial charge is 0.238 e. The average molecular weight is 350 g/mol. The number of carbonyl (C=O) groups excluding carboxylic acids is 1. The van der Waals surface area contributed by atoms with Gasteiger partial charge < -0.3 is 19.2 Å². The van der Waals surface area contributed by atoms with Crippen LogP contribution in [-0.2, 0) is 4.79 Å². The molecule has 0 saturated carbocycles. The van der Waals surface area contributed by atoms with Crippen LogP contribution >= 0.6 is 0 Å². The molecule has 6 heteroatoms. The first kappa shape index (κ1) is 16.2. The predicted octanol–water partition coefficient (Wildman–Crippen LogP) is 3.33. The van der Waals surface area contributed by atoms with Gasteiger partial charge in [0.05, 0.1) is 18.8 Å². The fourth-order valence-electron chi connectivity index (χ4n) is 2.86. The minimum Gasteiger partial charge on any atom is -0.467 e. The van der Waals surface area contributed by atoms with E-state index in [1.807, 2.05) is 42.5 Å². The maximum Gasteiger partial charge on any atom is 0.238 e. The van der Waals surface area contributed by atoms with Gasteiger partial charge in [0.1, 0.15) is 5.76 Å². The molecule has 0 aliphatic carbocycles.